The molecule has 2 unspecified atom stereocenters. The molecule has 1 N–H and O–H groups in total. The van der Waals surface area contributed by atoms with Gasteiger partial charge in [0.25, 0.3) is 0 Å². The molecule has 1 aromatic rings. The Morgan fingerprint density at radius 3 is 2.89 bits per heavy atom. The Morgan fingerprint density at radius 1 is 1.50 bits per heavy atom. The molecule has 1 heterocycles. The number of aliphatic hydroxyl groups excluding tert-OH is 1. The number of amides is 1. The Hall–Kier alpha value is -0.870. The molecule has 18 heavy (non-hydrogen) atoms. The highest BCUT2D eigenvalue weighted by molar-refractivity contribution is 9.10. The maximum absolute atomic E-state index is 12.2. The normalized spacial score (nSPS) is 24.1. The van der Waals surface area contributed by atoms with Crippen LogP contribution in [0.5, 0.6) is 0 Å². The Balaban J connectivity index is 1.99. The van der Waals surface area contributed by atoms with Crippen molar-refractivity contribution in [2.75, 3.05) is 13.1 Å². The number of carbonyl (C=O) groups excluding carboxylic acids is 1. The van der Waals surface area contributed by atoms with Gasteiger partial charge in [0.1, 0.15) is 0 Å². The monoisotopic (exact) mass is 311 g/mol. The topological polar surface area (TPSA) is 40.5 Å². The van der Waals surface area contributed by atoms with Crippen LogP contribution in [0.2, 0.25) is 0 Å². The smallest absolute Gasteiger partial charge is 0.227 e. The third kappa shape index (κ3) is 3.12. The molecule has 2 atom stereocenters. The summed E-state index contributed by atoms with van der Waals surface area (Å²) in [6.45, 7) is 3.24. The van der Waals surface area contributed by atoms with Crippen LogP contribution in [-0.4, -0.2) is 35.1 Å². The van der Waals surface area contributed by atoms with E-state index in [2.05, 4.69) is 15.9 Å². The van der Waals surface area contributed by atoms with E-state index < -0.39 is 0 Å². The second kappa shape index (κ2) is 5.85. The van der Waals surface area contributed by atoms with Crippen LogP contribution in [0, 0.1) is 5.92 Å². The van der Waals surface area contributed by atoms with E-state index in [0.717, 1.165) is 23.0 Å². The van der Waals surface area contributed by atoms with Crippen LogP contribution in [0.4, 0.5) is 0 Å². The zero-order valence-corrected chi connectivity index (χ0v) is 12.1. The molecule has 1 amide bonds. The molecule has 1 aromatic carbocycles. The second-order valence-corrected chi connectivity index (χ2v) is 5.80. The predicted molar refractivity (Wildman–Crippen MR) is 74.2 cm³/mol. The molecule has 3 nitrogen and oxygen atoms in total. The SMILES string of the molecule is CC1CCN(C(=O)Cc2ccccc2Br)CC1O. The first kappa shape index (κ1) is 13.6. The summed E-state index contributed by atoms with van der Waals surface area (Å²) in [5.41, 5.74) is 0.996. The lowest BCUT2D eigenvalue weighted by molar-refractivity contribution is -0.134. The quantitative estimate of drug-likeness (QED) is 0.910. The van der Waals surface area contributed by atoms with Gasteiger partial charge in [0.2, 0.25) is 5.91 Å². The number of benzene rings is 1. The summed E-state index contributed by atoms with van der Waals surface area (Å²) in [5, 5.41) is 9.81. The van der Waals surface area contributed by atoms with Crippen LogP contribution in [-0.2, 0) is 11.2 Å². The lowest BCUT2D eigenvalue weighted by Gasteiger charge is -2.34. The minimum absolute atomic E-state index is 0.0906. The first-order valence-electron chi connectivity index (χ1n) is 6.27. The number of likely N-dealkylation sites (tertiary alicyclic amines) is 1. The molecular formula is C14H18BrNO2. The van der Waals surface area contributed by atoms with Gasteiger partial charge < -0.3 is 10.0 Å². The predicted octanol–water partition coefficient (Wildman–Crippen LogP) is 2.22. The van der Waals surface area contributed by atoms with Crippen molar-refractivity contribution in [3.05, 3.63) is 34.3 Å². The van der Waals surface area contributed by atoms with E-state index in [4.69, 9.17) is 0 Å². The molecule has 0 radical (unpaired) electrons. The van der Waals surface area contributed by atoms with E-state index in [1.54, 1.807) is 4.90 Å². The van der Waals surface area contributed by atoms with Gasteiger partial charge in [-0.2, -0.15) is 0 Å². The van der Waals surface area contributed by atoms with E-state index in [0.29, 0.717) is 13.0 Å². The molecule has 1 saturated heterocycles. The van der Waals surface area contributed by atoms with Crippen molar-refractivity contribution < 1.29 is 9.90 Å². The fourth-order valence-electron chi connectivity index (χ4n) is 2.19. The van der Waals surface area contributed by atoms with Crippen LogP contribution < -0.4 is 0 Å². The summed E-state index contributed by atoms with van der Waals surface area (Å²) >= 11 is 3.45. The Morgan fingerprint density at radius 2 is 2.22 bits per heavy atom. The first-order chi connectivity index (χ1) is 8.58. The van der Waals surface area contributed by atoms with Crippen LogP contribution in [0.15, 0.2) is 28.7 Å². The number of hydrogen-bond acceptors (Lipinski definition) is 2. The molecule has 0 bridgehead atoms. The van der Waals surface area contributed by atoms with Crippen molar-refractivity contribution in [2.45, 2.75) is 25.9 Å². The van der Waals surface area contributed by atoms with Crippen molar-refractivity contribution in [3.8, 4) is 0 Å². The third-order valence-electron chi connectivity index (χ3n) is 3.57. The van der Waals surface area contributed by atoms with Crippen LogP contribution in [0.1, 0.15) is 18.9 Å². The van der Waals surface area contributed by atoms with Gasteiger partial charge in [-0.3, -0.25) is 4.79 Å². The van der Waals surface area contributed by atoms with E-state index in [1.807, 2.05) is 31.2 Å². The van der Waals surface area contributed by atoms with Gasteiger partial charge in [-0.1, -0.05) is 41.1 Å². The summed E-state index contributed by atoms with van der Waals surface area (Å²) < 4.78 is 0.962. The number of aliphatic hydroxyl groups is 1. The lowest BCUT2D eigenvalue weighted by Crippen LogP contribution is -2.46. The summed E-state index contributed by atoms with van der Waals surface area (Å²) in [6, 6.07) is 7.76. The maximum Gasteiger partial charge on any atom is 0.227 e. The Kier molecular flexibility index (Phi) is 4.40. The van der Waals surface area contributed by atoms with E-state index in [-0.39, 0.29) is 17.9 Å². The molecule has 1 aliphatic heterocycles. The Labute approximate surface area is 116 Å². The lowest BCUT2D eigenvalue weighted by atomic mass is 9.95. The van der Waals surface area contributed by atoms with Crippen molar-refractivity contribution in [1.29, 1.82) is 0 Å². The fourth-order valence-corrected chi connectivity index (χ4v) is 2.62. The number of hydrogen-bond donors (Lipinski definition) is 1. The van der Waals surface area contributed by atoms with Crippen LogP contribution in [0.25, 0.3) is 0 Å². The molecule has 2 rings (SSSR count). The van der Waals surface area contributed by atoms with Crippen molar-refractivity contribution in [3.63, 3.8) is 0 Å². The summed E-state index contributed by atoms with van der Waals surface area (Å²) in [7, 11) is 0. The van der Waals surface area contributed by atoms with Gasteiger partial charge in [0, 0.05) is 17.6 Å². The highest BCUT2D eigenvalue weighted by Gasteiger charge is 2.27. The van der Waals surface area contributed by atoms with Gasteiger partial charge in [-0.15, -0.1) is 0 Å². The standard InChI is InChI=1S/C14H18BrNO2/c1-10-6-7-16(9-13(10)17)14(18)8-11-4-2-3-5-12(11)15/h2-5,10,13,17H,6-9H2,1H3. The minimum Gasteiger partial charge on any atom is -0.391 e. The number of β-amino-alcohol motifs (C(OH)–C–C–N with tert-alkyl or cyclic N) is 1. The molecule has 1 aliphatic rings. The number of piperidine rings is 1. The highest BCUT2D eigenvalue weighted by atomic mass is 79.9. The average Bonchev–Trinajstić information content (AvgIpc) is 2.35. The van der Waals surface area contributed by atoms with Crippen LogP contribution in [0.3, 0.4) is 0 Å². The van der Waals surface area contributed by atoms with Gasteiger partial charge in [0.15, 0.2) is 0 Å². The summed E-state index contributed by atoms with van der Waals surface area (Å²) in [5.74, 6) is 0.380. The largest absolute Gasteiger partial charge is 0.391 e. The fraction of sp³-hybridized carbons (Fsp3) is 0.500. The minimum atomic E-state index is -0.387. The molecule has 0 aromatic heterocycles. The maximum atomic E-state index is 12.2. The van der Waals surface area contributed by atoms with Crippen LogP contribution >= 0.6 is 15.9 Å². The summed E-state index contributed by atoms with van der Waals surface area (Å²) in [4.78, 5) is 13.9. The molecule has 1 fully saturated rings. The molecule has 0 spiro atoms. The number of rotatable bonds is 2. The van der Waals surface area contributed by atoms with E-state index >= 15 is 0 Å². The zero-order chi connectivity index (χ0) is 13.1. The molecule has 0 aliphatic carbocycles. The van der Waals surface area contributed by atoms with E-state index in [1.165, 1.54) is 0 Å². The molecule has 4 heteroatoms. The van der Waals surface area contributed by atoms with Gasteiger partial charge in [-0.05, 0) is 24.0 Å². The molecule has 98 valence electrons. The summed E-state index contributed by atoms with van der Waals surface area (Å²) in [6.07, 6.45) is 0.882. The average molecular weight is 312 g/mol. The zero-order valence-electron chi connectivity index (χ0n) is 10.5. The molecule has 0 saturated carbocycles. The number of nitrogens with zero attached hydrogens (tertiary/aromatic N) is 1. The van der Waals surface area contributed by atoms with Crippen molar-refractivity contribution in [1.82, 2.24) is 4.90 Å². The second-order valence-electron chi connectivity index (χ2n) is 4.94. The van der Waals surface area contributed by atoms with Gasteiger partial charge in [0.05, 0.1) is 12.5 Å². The Bertz CT molecular complexity index is 436. The van der Waals surface area contributed by atoms with Crippen molar-refractivity contribution in [2.24, 2.45) is 5.92 Å². The number of carbonyl (C=O) groups is 1. The van der Waals surface area contributed by atoms with Crippen molar-refractivity contribution >= 4 is 21.8 Å². The van der Waals surface area contributed by atoms with Gasteiger partial charge >= 0.3 is 0 Å². The molecular weight excluding hydrogens is 294 g/mol. The first-order valence-corrected chi connectivity index (χ1v) is 7.06. The third-order valence-corrected chi connectivity index (χ3v) is 4.34. The highest BCUT2D eigenvalue weighted by Crippen LogP contribution is 2.20. The number of halogens is 1. The van der Waals surface area contributed by atoms with E-state index in [9.17, 15) is 9.90 Å². The van der Waals surface area contributed by atoms with Gasteiger partial charge in [-0.25, -0.2) is 0 Å².